The number of esters is 1. The van der Waals surface area contributed by atoms with Crippen LogP contribution < -0.4 is 4.90 Å². The van der Waals surface area contributed by atoms with Gasteiger partial charge in [0.1, 0.15) is 0 Å². The molecule has 3 atom stereocenters. The summed E-state index contributed by atoms with van der Waals surface area (Å²) < 4.78 is 5.12. The number of benzene rings is 2. The fourth-order valence-corrected chi connectivity index (χ4v) is 5.19. The summed E-state index contributed by atoms with van der Waals surface area (Å²) in [4.78, 5) is 54.0. The Bertz CT molecular complexity index is 1160. The number of nitrogens with zero attached hydrogens (tertiary/aromatic N) is 2. The molecule has 1 unspecified atom stereocenters. The van der Waals surface area contributed by atoms with Crippen LogP contribution in [0.15, 0.2) is 42.5 Å². The van der Waals surface area contributed by atoms with Crippen LogP contribution in [-0.2, 0) is 14.3 Å². The van der Waals surface area contributed by atoms with Gasteiger partial charge in [-0.3, -0.25) is 19.3 Å². The Labute approximate surface area is 213 Å². The van der Waals surface area contributed by atoms with Gasteiger partial charge in [-0.2, -0.15) is 0 Å². The third-order valence-electron chi connectivity index (χ3n) is 6.68. The van der Waals surface area contributed by atoms with Crippen LogP contribution in [0, 0.1) is 0 Å². The maximum absolute atomic E-state index is 13.2. The molecule has 0 aromatic heterocycles. The Morgan fingerprint density at radius 2 is 1.57 bits per heavy atom. The molecule has 35 heavy (non-hydrogen) atoms. The molecule has 2 aliphatic rings. The molecular weight excluding hydrogens is 491 g/mol. The summed E-state index contributed by atoms with van der Waals surface area (Å²) in [5, 5.41) is 0.554. The minimum Gasteiger partial charge on any atom is -0.454 e. The lowest BCUT2D eigenvalue weighted by Crippen LogP contribution is -2.52. The number of imide groups is 1. The zero-order valence-electron chi connectivity index (χ0n) is 19.5. The van der Waals surface area contributed by atoms with Crippen molar-refractivity contribution in [1.82, 2.24) is 4.90 Å². The Morgan fingerprint density at radius 3 is 2.20 bits per heavy atom. The van der Waals surface area contributed by atoms with Crippen molar-refractivity contribution in [2.24, 2.45) is 0 Å². The molecule has 0 radical (unpaired) electrons. The second-order valence-corrected chi connectivity index (χ2v) is 9.85. The number of likely N-dealkylation sites (tertiary alicyclic amines) is 1. The van der Waals surface area contributed by atoms with E-state index in [1.165, 1.54) is 35.2 Å². The molecule has 184 valence electrons. The van der Waals surface area contributed by atoms with E-state index in [1.807, 2.05) is 0 Å². The molecule has 4 rings (SSSR count). The molecule has 2 aromatic rings. The average Bonchev–Trinajstić information content (AvgIpc) is 3.12. The second-order valence-electron chi connectivity index (χ2n) is 9.04. The molecule has 2 fully saturated rings. The van der Waals surface area contributed by atoms with Crippen LogP contribution >= 0.6 is 23.2 Å². The minimum absolute atomic E-state index is 0.147. The molecule has 0 spiro atoms. The molecule has 0 aliphatic carbocycles. The number of hydrogen-bond donors (Lipinski definition) is 0. The predicted octanol–water partition coefficient (Wildman–Crippen LogP) is 4.93. The minimum atomic E-state index is -0.696. The summed E-state index contributed by atoms with van der Waals surface area (Å²) in [6.45, 7) is 3.74. The fraction of sp³-hybridized carbons (Fsp3) is 0.385. The van der Waals surface area contributed by atoms with Crippen LogP contribution in [0.1, 0.15) is 60.2 Å². The van der Waals surface area contributed by atoms with Crippen molar-refractivity contribution in [2.45, 2.75) is 57.7 Å². The third-order valence-corrected chi connectivity index (χ3v) is 7.42. The number of carbonyl (C=O) groups is 4. The molecule has 2 aliphatic heterocycles. The van der Waals surface area contributed by atoms with E-state index in [2.05, 4.69) is 18.7 Å². The maximum atomic E-state index is 13.2. The number of ketones is 1. The van der Waals surface area contributed by atoms with E-state index in [0.29, 0.717) is 10.7 Å². The van der Waals surface area contributed by atoms with Gasteiger partial charge in [0, 0.05) is 17.6 Å². The molecule has 0 N–H and O–H groups in total. The highest BCUT2D eigenvalue weighted by Crippen LogP contribution is 2.32. The summed E-state index contributed by atoms with van der Waals surface area (Å²) >= 11 is 11.8. The van der Waals surface area contributed by atoms with Crippen molar-refractivity contribution in [3.63, 3.8) is 0 Å². The normalized spacial score (nSPS) is 23.0. The predicted molar refractivity (Wildman–Crippen MR) is 133 cm³/mol. The maximum Gasteiger partial charge on any atom is 0.338 e. The van der Waals surface area contributed by atoms with E-state index in [0.717, 1.165) is 19.3 Å². The highest BCUT2D eigenvalue weighted by Gasteiger charge is 2.46. The lowest BCUT2D eigenvalue weighted by atomic mass is 9.94. The van der Waals surface area contributed by atoms with E-state index in [4.69, 9.17) is 27.9 Å². The topological polar surface area (TPSA) is 84.0 Å². The van der Waals surface area contributed by atoms with Crippen LogP contribution in [0.4, 0.5) is 5.69 Å². The van der Waals surface area contributed by atoms with Gasteiger partial charge in [-0.1, -0.05) is 29.6 Å². The first-order chi connectivity index (χ1) is 16.7. The molecule has 2 aromatic carbocycles. The first kappa shape index (κ1) is 25.4. The molecule has 0 saturated carbocycles. The van der Waals surface area contributed by atoms with E-state index in [-0.39, 0.29) is 46.5 Å². The number of ether oxygens (including phenoxy) is 1. The highest BCUT2D eigenvalue weighted by atomic mass is 35.5. The van der Waals surface area contributed by atoms with Crippen LogP contribution in [0.5, 0.6) is 0 Å². The molecule has 2 heterocycles. The van der Waals surface area contributed by atoms with E-state index < -0.39 is 24.4 Å². The average molecular weight is 517 g/mol. The first-order valence-corrected chi connectivity index (χ1v) is 12.3. The Kier molecular flexibility index (Phi) is 7.59. The molecule has 0 bridgehead atoms. The standard InChI is InChI=1S/C26H26Cl2N2O5/c1-15-4-3-5-16(2)29(15)22-13-24(32)30(25(22)33)19-9-6-17(7-10-19)26(34)35-14-23(31)18-8-11-20(27)21(28)12-18/h6-12,15-16,22H,3-5,13-14H2,1-2H3/t15-,16+,22?. The van der Waals surface area contributed by atoms with Gasteiger partial charge in [0.05, 0.1) is 33.8 Å². The highest BCUT2D eigenvalue weighted by molar-refractivity contribution is 6.42. The summed E-state index contributed by atoms with van der Waals surface area (Å²) in [5.74, 6) is -1.61. The zero-order valence-corrected chi connectivity index (χ0v) is 21.0. The summed E-state index contributed by atoms with van der Waals surface area (Å²) in [6.07, 6.45) is 3.28. The van der Waals surface area contributed by atoms with Crippen molar-refractivity contribution in [2.75, 3.05) is 11.5 Å². The number of hydrogen-bond acceptors (Lipinski definition) is 6. The van der Waals surface area contributed by atoms with Crippen LogP contribution in [0.25, 0.3) is 0 Å². The Hall–Kier alpha value is -2.74. The summed E-state index contributed by atoms with van der Waals surface area (Å²) in [7, 11) is 0. The number of anilines is 1. The van der Waals surface area contributed by atoms with Crippen molar-refractivity contribution in [1.29, 1.82) is 0 Å². The number of Topliss-reactive ketones (excluding diaryl/α,β-unsaturated/α-hetero) is 1. The zero-order chi connectivity index (χ0) is 25.3. The molecule has 9 heteroatoms. The van der Waals surface area contributed by atoms with Crippen molar-refractivity contribution in [3.05, 3.63) is 63.6 Å². The van der Waals surface area contributed by atoms with Gasteiger partial charge in [-0.25, -0.2) is 9.69 Å². The smallest absolute Gasteiger partial charge is 0.338 e. The number of halogens is 2. The van der Waals surface area contributed by atoms with Crippen LogP contribution in [-0.4, -0.2) is 53.2 Å². The van der Waals surface area contributed by atoms with Crippen LogP contribution in [0.2, 0.25) is 10.0 Å². The number of piperidine rings is 1. The molecule has 2 saturated heterocycles. The number of carbonyl (C=O) groups excluding carboxylic acids is 4. The van der Waals surface area contributed by atoms with Crippen LogP contribution in [0.3, 0.4) is 0 Å². The van der Waals surface area contributed by atoms with Gasteiger partial charge in [0.15, 0.2) is 12.4 Å². The lowest BCUT2D eigenvalue weighted by molar-refractivity contribution is -0.124. The Morgan fingerprint density at radius 1 is 0.943 bits per heavy atom. The van der Waals surface area contributed by atoms with E-state index in [1.54, 1.807) is 12.1 Å². The van der Waals surface area contributed by atoms with Gasteiger partial charge in [-0.05, 0) is 69.2 Å². The first-order valence-electron chi connectivity index (χ1n) is 11.6. The summed E-state index contributed by atoms with van der Waals surface area (Å²) in [6, 6.07) is 10.5. The Balaban J connectivity index is 1.40. The fourth-order valence-electron chi connectivity index (χ4n) is 4.89. The van der Waals surface area contributed by atoms with Crippen molar-refractivity contribution < 1.29 is 23.9 Å². The lowest BCUT2D eigenvalue weighted by Gasteiger charge is -2.41. The largest absolute Gasteiger partial charge is 0.454 e. The molecular formula is C26H26Cl2N2O5. The summed E-state index contributed by atoms with van der Waals surface area (Å²) in [5.41, 5.74) is 0.883. The number of amides is 2. The second kappa shape index (κ2) is 10.5. The molecule has 2 amide bonds. The van der Waals surface area contributed by atoms with Gasteiger partial charge >= 0.3 is 5.97 Å². The van der Waals surface area contributed by atoms with Gasteiger partial charge < -0.3 is 4.74 Å². The van der Waals surface area contributed by atoms with Gasteiger partial charge in [0.2, 0.25) is 5.91 Å². The van der Waals surface area contributed by atoms with Crippen molar-refractivity contribution >= 4 is 52.5 Å². The van der Waals surface area contributed by atoms with E-state index in [9.17, 15) is 19.2 Å². The molecule has 7 nitrogen and oxygen atoms in total. The van der Waals surface area contributed by atoms with Gasteiger partial charge in [-0.15, -0.1) is 0 Å². The monoisotopic (exact) mass is 516 g/mol. The van der Waals surface area contributed by atoms with E-state index >= 15 is 0 Å². The third kappa shape index (κ3) is 5.27. The van der Waals surface area contributed by atoms with Crippen molar-refractivity contribution in [3.8, 4) is 0 Å². The SMILES string of the molecule is C[C@@H]1CCC[C@H](C)N1C1CC(=O)N(c2ccc(C(=O)OCC(=O)c3ccc(Cl)c(Cl)c3)cc2)C1=O. The van der Waals surface area contributed by atoms with Gasteiger partial charge in [0.25, 0.3) is 5.91 Å². The number of rotatable bonds is 6. The quantitative estimate of drug-likeness (QED) is 0.307.